The molecule has 0 aromatic heterocycles. The number of hydrogen-bond acceptors (Lipinski definition) is 4. The smallest absolute Gasteiger partial charge is 0.243 e. The van der Waals surface area contributed by atoms with E-state index in [1.165, 1.54) is 0 Å². The highest BCUT2D eigenvalue weighted by molar-refractivity contribution is 5.87. The SMILES string of the molecule is CC(CO)(NC(=O)C1(N)CCOC1)c1ccccc1. The number of ether oxygens (including phenoxy) is 1. The van der Waals surface area contributed by atoms with Gasteiger partial charge in [-0.2, -0.15) is 0 Å². The molecule has 1 aliphatic rings. The van der Waals surface area contributed by atoms with Crippen LogP contribution in [0.15, 0.2) is 30.3 Å². The van der Waals surface area contributed by atoms with Crippen molar-refractivity contribution in [3.63, 3.8) is 0 Å². The predicted octanol–water partition coefficient (Wildman–Crippen LogP) is 0.128. The van der Waals surface area contributed by atoms with Crippen LogP contribution in [0.5, 0.6) is 0 Å². The lowest BCUT2D eigenvalue weighted by atomic mass is 9.90. The average molecular weight is 264 g/mol. The normalized spacial score (nSPS) is 25.8. The third kappa shape index (κ3) is 2.78. The van der Waals surface area contributed by atoms with Crippen LogP contribution in [0.2, 0.25) is 0 Å². The van der Waals surface area contributed by atoms with Crippen molar-refractivity contribution in [2.45, 2.75) is 24.4 Å². The topological polar surface area (TPSA) is 84.6 Å². The zero-order chi connectivity index (χ0) is 13.9. The Balaban J connectivity index is 2.17. The quantitative estimate of drug-likeness (QED) is 0.721. The molecule has 0 radical (unpaired) electrons. The highest BCUT2D eigenvalue weighted by Crippen LogP contribution is 2.23. The van der Waals surface area contributed by atoms with Gasteiger partial charge in [0.05, 0.1) is 18.8 Å². The highest BCUT2D eigenvalue weighted by Gasteiger charge is 2.41. The summed E-state index contributed by atoms with van der Waals surface area (Å²) in [4.78, 5) is 12.3. The van der Waals surface area contributed by atoms with Gasteiger partial charge < -0.3 is 20.9 Å². The van der Waals surface area contributed by atoms with E-state index in [2.05, 4.69) is 5.32 Å². The van der Waals surface area contributed by atoms with E-state index in [0.717, 1.165) is 5.56 Å². The van der Waals surface area contributed by atoms with E-state index in [0.29, 0.717) is 13.0 Å². The zero-order valence-corrected chi connectivity index (χ0v) is 11.1. The second-order valence-electron chi connectivity index (χ2n) is 5.27. The Labute approximate surface area is 112 Å². The van der Waals surface area contributed by atoms with E-state index in [1.54, 1.807) is 6.92 Å². The first kappa shape index (κ1) is 14.0. The van der Waals surface area contributed by atoms with Crippen LogP contribution in [0.4, 0.5) is 0 Å². The van der Waals surface area contributed by atoms with Gasteiger partial charge in [-0.15, -0.1) is 0 Å². The number of carbonyl (C=O) groups is 1. The van der Waals surface area contributed by atoms with Gasteiger partial charge in [-0.25, -0.2) is 0 Å². The highest BCUT2D eigenvalue weighted by atomic mass is 16.5. The second-order valence-corrected chi connectivity index (χ2v) is 5.27. The first-order chi connectivity index (χ1) is 9.00. The molecule has 1 fully saturated rings. The summed E-state index contributed by atoms with van der Waals surface area (Å²) in [6.07, 6.45) is 0.495. The molecule has 19 heavy (non-hydrogen) atoms. The van der Waals surface area contributed by atoms with E-state index in [4.69, 9.17) is 10.5 Å². The van der Waals surface area contributed by atoms with Gasteiger partial charge in [0.2, 0.25) is 5.91 Å². The summed E-state index contributed by atoms with van der Waals surface area (Å²) in [5.74, 6) is -0.287. The molecule has 2 atom stereocenters. The molecule has 1 amide bonds. The summed E-state index contributed by atoms with van der Waals surface area (Å²) < 4.78 is 5.19. The number of benzene rings is 1. The van der Waals surface area contributed by atoms with Crippen molar-refractivity contribution in [2.24, 2.45) is 5.73 Å². The summed E-state index contributed by atoms with van der Waals surface area (Å²) in [5, 5.41) is 12.5. The van der Waals surface area contributed by atoms with Crippen molar-refractivity contribution < 1.29 is 14.6 Å². The minimum Gasteiger partial charge on any atom is -0.394 e. The first-order valence-electron chi connectivity index (χ1n) is 6.36. The molecule has 1 aromatic carbocycles. The van der Waals surface area contributed by atoms with Gasteiger partial charge in [-0.1, -0.05) is 30.3 Å². The fourth-order valence-electron chi connectivity index (χ4n) is 2.14. The molecule has 2 unspecified atom stereocenters. The summed E-state index contributed by atoms with van der Waals surface area (Å²) in [6, 6.07) is 9.35. The van der Waals surface area contributed by atoms with Crippen LogP contribution in [0.1, 0.15) is 18.9 Å². The number of carbonyl (C=O) groups excluding carboxylic acids is 1. The minimum absolute atomic E-state index is 0.195. The predicted molar refractivity (Wildman–Crippen MR) is 71.4 cm³/mol. The van der Waals surface area contributed by atoms with Crippen LogP contribution in [0, 0.1) is 0 Å². The first-order valence-corrected chi connectivity index (χ1v) is 6.36. The van der Waals surface area contributed by atoms with Crippen LogP contribution >= 0.6 is 0 Å². The van der Waals surface area contributed by atoms with Crippen LogP contribution < -0.4 is 11.1 Å². The largest absolute Gasteiger partial charge is 0.394 e. The van der Waals surface area contributed by atoms with E-state index in [-0.39, 0.29) is 19.1 Å². The van der Waals surface area contributed by atoms with Crippen molar-refractivity contribution in [1.29, 1.82) is 0 Å². The lowest BCUT2D eigenvalue weighted by Crippen LogP contribution is -2.60. The molecule has 1 aromatic rings. The van der Waals surface area contributed by atoms with Crippen molar-refractivity contribution in [3.8, 4) is 0 Å². The fraction of sp³-hybridized carbons (Fsp3) is 0.500. The number of nitrogens with two attached hydrogens (primary N) is 1. The molecular formula is C14H20N2O3. The molecule has 2 rings (SSSR count). The number of amides is 1. The van der Waals surface area contributed by atoms with Gasteiger partial charge in [0.1, 0.15) is 5.54 Å². The van der Waals surface area contributed by atoms with Gasteiger partial charge in [0, 0.05) is 6.61 Å². The molecule has 0 aliphatic carbocycles. The lowest BCUT2D eigenvalue weighted by Gasteiger charge is -2.33. The van der Waals surface area contributed by atoms with Crippen molar-refractivity contribution >= 4 is 5.91 Å². The number of aliphatic hydroxyl groups is 1. The average Bonchev–Trinajstić information content (AvgIpc) is 2.88. The Bertz CT molecular complexity index is 443. The van der Waals surface area contributed by atoms with Gasteiger partial charge in [-0.05, 0) is 18.9 Å². The van der Waals surface area contributed by atoms with Crippen LogP contribution in [-0.2, 0) is 15.1 Å². The lowest BCUT2D eigenvalue weighted by molar-refractivity contribution is -0.128. The van der Waals surface area contributed by atoms with E-state index in [9.17, 15) is 9.90 Å². The Morgan fingerprint density at radius 2 is 2.21 bits per heavy atom. The number of nitrogens with one attached hydrogen (secondary N) is 1. The molecule has 1 aliphatic heterocycles. The third-order valence-corrected chi connectivity index (χ3v) is 3.62. The molecule has 1 saturated heterocycles. The zero-order valence-electron chi connectivity index (χ0n) is 11.1. The van der Waals surface area contributed by atoms with E-state index < -0.39 is 11.1 Å². The standard InChI is InChI=1S/C14H20N2O3/c1-13(9-17,11-5-3-2-4-6-11)16-12(18)14(15)7-8-19-10-14/h2-6,17H,7-10,15H2,1H3,(H,16,18). The second kappa shape index (κ2) is 5.28. The Hall–Kier alpha value is -1.43. The third-order valence-electron chi connectivity index (χ3n) is 3.62. The molecule has 0 spiro atoms. The van der Waals surface area contributed by atoms with Crippen LogP contribution in [-0.4, -0.2) is 36.4 Å². The molecule has 4 N–H and O–H groups in total. The molecule has 0 bridgehead atoms. The Morgan fingerprint density at radius 1 is 1.53 bits per heavy atom. The molecule has 1 heterocycles. The van der Waals surface area contributed by atoms with Crippen molar-refractivity contribution in [3.05, 3.63) is 35.9 Å². The maximum absolute atomic E-state index is 12.3. The van der Waals surface area contributed by atoms with Gasteiger partial charge >= 0.3 is 0 Å². The molecule has 5 heteroatoms. The van der Waals surface area contributed by atoms with Crippen molar-refractivity contribution in [1.82, 2.24) is 5.32 Å². The Morgan fingerprint density at radius 3 is 2.74 bits per heavy atom. The van der Waals surface area contributed by atoms with Crippen LogP contribution in [0.25, 0.3) is 0 Å². The van der Waals surface area contributed by atoms with E-state index in [1.807, 2.05) is 30.3 Å². The summed E-state index contributed by atoms with van der Waals surface area (Å²) in [7, 11) is 0. The van der Waals surface area contributed by atoms with Gasteiger partial charge in [-0.3, -0.25) is 4.79 Å². The maximum atomic E-state index is 12.3. The van der Waals surface area contributed by atoms with Gasteiger partial charge in [0.25, 0.3) is 0 Å². The monoisotopic (exact) mass is 264 g/mol. The molecule has 5 nitrogen and oxygen atoms in total. The maximum Gasteiger partial charge on any atom is 0.243 e. The minimum atomic E-state index is -0.995. The van der Waals surface area contributed by atoms with Crippen molar-refractivity contribution in [2.75, 3.05) is 19.8 Å². The van der Waals surface area contributed by atoms with Crippen LogP contribution in [0.3, 0.4) is 0 Å². The molecular weight excluding hydrogens is 244 g/mol. The summed E-state index contributed by atoms with van der Waals surface area (Å²) >= 11 is 0. The number of hydrogen-bond donors (Lipinski definition) is 3. The molecule has 104 valence electrons. The number of aliphatic hydroxyl groups excluding tert-OH is 1. The fourth-order valence-corrected chi connectivity index (χ4v) is 2.14. The summed E-state index contributed by atoms with van der Waals surface area (Å²) in [5.41, 5.74) is 5.03. The van der Waals surface area contributed by atoms with Gasteiger partial charge in [0.15, 0.2) is 0 Å². The molecule has 0 saturated carbocycles. The number of rotatable bonds is 4. The summed E-state index contributed by atoms with van der Waals surface area (Å²) in [6.45, 7) is 2.29. The Kier molecular flexibility index (Phi) is 3.89. The van der Waals surface area contributed by atoms with E-state index >= 15 is 0 Å².